The van der Waals surface area contributed by atoms with Crippen LogP contribution in [0.25, 0.3) is 6.08 Å². The van der Waals surface area contributed by atoms with Gasteiger partial charge >= 0.3 is 5.97 Å². The first-order chi connectivity index (χ1) is 22.6. The Morgan fingerprint density at radius 3 is 2.15 bits per heavy atom. The molecule has 4 aromatic rings. The molecule has 0 saturated heterocycles. The highest BCUT2D eigenvalue weighted by molar-refractivity contribution is 8.00. The summed E-state index contributed by atoms with van der Waals surface area (Å²) in [4.78, 5) is 52.0. The van der Waals surface area contributed by atoms with Crippen LogP contribution in [0.2, 0.25) is 10.0 Å². The Morgan fingerprint density at radius 1 is 0.809 bits per heavy atom. The van der Waals surface area contributed by atoms with Crippen LogP contribution in [0, 0.1) is 0 Å². The summed E-state index contributed by atoms with van der Waals surface area (Å²) >= 11 is 13.9. The van der Waals surface area contributed by atoms with Crippen LogP contribution in [0.3, 0.4) is 0 Å². The van der Waals surface area contributed by atoms with Crippen molar-refractivity contribution in [1.29, 1.82) is 0 Å². The second-order valence-corrected chi connectivity index (χ2v) is 12.5. The van der Waals surface area contributed by atoms with Crippen molar-refractivity contribution in [2.24, 2.45) is 0 Å². The molecule has 0 aromatic heterocycles. The number of rotatable bonds is 13. The van der Waals surface area contributed by atoms with Gasteiger partial charge < -0.3 is 20.7 Å². The number of halogens is 2. The molecule has 4 rings (SSSR count). The van der Waals surface area contributed by atoms with Crippen LogP contribution in [0.5, 0.6) is 0 Å². The van der Waals surface area contributed by atoms with Crippen molar-refractivity contribution >= 4 is 76.1 Å². The predicted octanol–water partition coefficient (Wildman–Crippen LogP) is 8.48. The fourth-order valence-corrected chi connectivity index (χ4v) is 5.36. The summed E-state index contributed by atoms with van der Waals surface area (Å²) in [6.45, 7) is 4.18. The number of anilines is 2. The smallest absolute Gasteiger partial charge is 0.338 e. The van der Waals surface area contributed by atoms with Gasteiger partial charge in [0.05, 0.1) is 27.5 Å². The predicted molar refractivity (Wildman–Crippen MR) is 189 cm³/mol. The minimum Gasteiger partial charge on any atom is -0.462 e. The molecule has 0 spiro atoms. The molecule has 11 heteroatoms. The summed E-state index contributed by atoms with van der Waals surface area (Å²) in [7, 11) is 0. The second-order valence-electron chi connectivity index (χ2n) is 10.3. The maximum absolute atomic E-state index is 13.4. The van der Waals surface area contributed by atoms with Crippen LogP contribution in [0.15, 0.2) is 108 Å². The van der Waals surface area contributed by atoms with E-state index in [0.29, 0.717) is 39.7 Å². The van der Waals surface area contributed by atoms with E-state index in [1.165, 1.54) is 17.8 Å². The van der Waals surface area contributed by atoms with Gasteiger partial charge in [-0.05, 0) is 91.7 Å². The maximum Gasteiger partial charge on any atom is 0.338 e. The molecule has 0 saturated carbocycles. The molecular formula is C36H33Cl2N3O5S. The van der Waals surface area contributed by atoms with E-state index < -0.39 is 23.0 Å². The Bertz CT molecular complexity index is 1750. The number of hydrogen-bond donors (Lipinski definition) is 3. The van der Waals surface area contributed by atoms with Crippen LogP contribution in [-0.2, 0) is 14.3 Å². The number of benzene rings is 4. The Kier molecular flexibility index (Phi) is 13.0. The first kappa shape index (κ1) is 35.3. The number of nitrogens with one attached hydrogen (secondary N) is 3. The third-order valence-corrected chi connectivity index (χ3v) is 8.67. The zero-order valence-electron chi connectivity index (χ0n) is 25.7. The molecule has 0 bridgehead atoms. The highest BCUT2D eigenvalue weighted by Crippen LogP contribution is 2.28. The topological polar surface area (TPSA) is 114 Å². The summed E-state index contributed by atoms with van der Waals surface area (Å²) in [5.41, 5.74) is 2.26. The first-order valence-electron chi connectivity index (χ1n) is 14.8. The van der Waals surface area contributed by atoms with Crippen molar-refractivity contribution in [2.45, 2.75) is 36.8 Å². The van der Waals surface area contributed by atoms with Gasteiger partial charge in [0.25, 0.3) is 11.8 Å². The van der Waals surface area contributed by atoms with Gasteiger partial charge in [-0.1, -0.05) is 66.9 Å². The lowest BCUT2D eigenvalue weighted by Crippen LogP contribution is -2.30. The Morgan fingerprint density at radius 2 is 1.47 bits per heavy atom. The summed E-state index contributed by atoms with van der Waals surface area (Å²) in [6.07, 6.45) is 3.20. The normalized spacial score (nSPS) is 11.7. The van der Waals surface area contributed by atoms with Crippen molar-refractivity contribution in [3.63, 3.8) is 0 Å². The van der Waals surface area contributed by atoms with E-state index in [2.05, 4.69) is 16.0 Å². The molecule has 8 nitrogen and oxygen atoms in total. The van der Waals surface area contributed by atoms with E-state index >= 15 is 0 Å². The lowest BCUT2D eigenvalue weighted by atomic mass is 10.1. The molecular weight excluding hydrogens is 657 g/mol. The van der Waals surface area contributed by atoms with Gasteiger partial charge in [0, 0.05) is 21.8 Å². The quantitative estimate of drug-likeness (QED) is 0.0562. The molecule has 3 amide bonds. The van der Waals surface area contributed by atoms with Crippen LogP contribution < -0.4 is 16.0 Å². The Hall–Kier alpha value is -4.57. The molecule has 1 unspecified atom stereocenters. The third kappa shape index (κ3) is 10.5. The maximum atomic E-state index is 13.4. The first-order valence-corrected chi connectivity index (χ1v) is 16.5. The van der Waals surface area contributed by atoms with Crippen molar-refractivity contribution in [3.8, 4) is 0 Å². The lowest BCUT2D eigenvalue weighted by Gasteiger charge is -2.14. The molecule has 0 aliphatic rings. The monoisotopic (exact) mass is 689 g/mol. The molecule has 4 aromatic carbocycles. The SMILES string of the molecule is CCCCOC(=O)c1ccc(NC(=O)C(C)Sc2ccc(NC(=O)/C(=C/c3cccc(Cl)c3Cl)NC(=O)c3ccccc3)cc2)cc1. The largest absolute Gasteiger partial charge is 0.462 e. The van der Waals surface area contributed by atoms with E-state index in [-0.39, 0.29) is 16.6 Å². The molecule has 47 heavy (non-hydrogen) atoms. The molecule has 242 valence electrons. The van der Waals surface area contributed by atoms with Gasteiger partial charge in [0.15, 0.2) is 0 Å². The van der Waals surface area contributed by atoms with Crippen molar-refractivity contribution in [3.05, 3.63) is 129 Å². The van der Waals surface area contributed by atoms with E-state index in [1.807, 2.05) is 6.92 Å². The Balaban J connectivity index is 1.38. The number of carbonyl (C=O) groups is 4. The molecule has 0 heterocycles. The third-order valence-electron chi connectivity index (χ3n) is 6.72. The zero-order valence-corrected chi connectivity index (χ0v) is 28.0. The summed E-state index contributed by atoms with van der Waals surface area (Å²) in [5.74, 6) is -1.65. The van der Waals surface area contributed by atoms with E-state index in [9.17, 15) is 19.2 Å². The summed E-state index contributed by atoms with van der Waals surface area (Å²) in [6, 6.07) is 27.0. The second kappa shape index (κ2) is 17.4. The molecule has 3 N–H and O–H groups in total. The number of amides is 3. The number of unbranched alkanes of at least 4 members (excludes halogenated alkanes) is 1. The fraction of sp³-hybridized carbons (Fsp3) is 0.167. The summed E-state index contributed by atoms with van der Waals surface area (Å²) < 4.78 is 5.22. The van der Waals surface area contributed by atoms with Gasteiger partial charge in [0.1, 0.15) is 5.70 Å². The van der Waals surface area contributed by atoms with Gasteiger partial charge in [-0.15, -0.1) is 11.8 Å². The standard InChI is InChI=1S/C36H33Cl2N3O5S/c1-3-4-21-46-36(45)25-13-15-27(16-14-25)39-33(42)23(2)47-29-19-17-28(18-20-29)40-35(44)31(22-26-11-8-12-30(37)32(26)38)41-34(43)24-9-6-5-7-10-24/h5-20,22-23H,3-4,21H2,1-2H3,(H,39,42)(H,40,44)(H,41,43)/b31-22-. The lowest BCUT2D eigenvalue weighted by molar-refractivity contribution is -0.115. The number of esters is 1. The fourth-order valence-electron chi connectivity index (χ4n) is 4.13. The van der Waals surface area contributed by atoms with E-state index in [1.54, 1.807) is 104 Å². The average Bonchev–Trinajstić information content (AvgIpc) is 3.08. The number of ether oxygens (including phenoxy) is 1. The highest BCUT2D eigenvalue weighted by atomic mass is 35.5. The van der Waals surface area contributed by atoms with Crippen molar-refractivity contribution < 1.29 is 23.9 Å². The van der Waals surface area contributed by atoms with Crippen LogP contribution >= 0.6 is 35.0 Å². The van der Waals surface area contributed by atoms with Gasteiger partial charge in [0.2, 0.25) is 5.91 Å². The molecule has 0 aliphatic carbocycles. The zero-order chi connectivity index (χ0) is 33.8. The van der Waals surface area contributed by atoms with Crippen LogP contribution in [0.1, 0.15) is 53.0 Å². The van der Waals surface area contributed by atoms with Gasteiger partial charge in [-0.25, -0.2) is 4.79 Å². The van der Waals surface area contributed by atoms with Gasteiger partial charge in [-0.3, -0.25) is 14.4 Å². The molecule has 1 atom stereocenters. The molecule has 0 fully saturated rings. The number of hydrogen-bond acceptors (Lipinski definition) is 6. The van der Waals surface area contributed by atoms with Crippen LogP contribution in [0.4, 0.5) is 11.4 Å². The van der Waals surface area contributed by atoms with Crippen LogP contribution in [-0.4, -0.2) is 35.5 Å². The molecule has 0 aliphatic heterocycles. The van der Waals surface area contributed by atoms with E-state index in [0.717, 1.165) is 17.7 Å². The minimum atomic E-state index is -0.571. The van der Waals surface area contributed by atoms with Gasteiger partial charge in [-0.2, -0.15) is 0 Å². The summed E-state index contributed by atoms with van der Waals surface area (Å²) in [5, 5.41) is 8.43. The molecule has 0 radical (unpaired) electrons. The van der Waals surface area contributed by atoms with Crippen molar-refractivity contribution in [1.82, 2.24) is 5.32 Å². The number of thioether (sulfide) groups is 1. The minimum absolute atomic E-state index is 0.0341. The van der Waals surface area contributed by atoms with E-state index in [4.69, 9.17) is 27.9 Å². The average molecular weight is 691 g/mol. The number of carbonyl (C=O) groups excluding carboxylic acids is 4. The Labute approximate surface area is 287 Å². The highest BCUT2D eigenvalue weighted by Gasteiger charge is 2.18. The van der Waals surface area contributed by atoms with Crippen molar-refractivity contribution in [2.75, 3.05) is 17.2 Å².